The van der Waals surface area contributed by atoms with Gasteiger partial charge in [-0.25, -0.2) is 0 Å². The molecule has 0 aromatic heterocycles. The summed E-state index contributed by atoms with van der Waals surface area (Å²) in [6.45, 7) is 2.07. The first-order valence-electron chi connectivity index (χ1n) is 6.03. The zero-order valence-electron chi connectivity index (χ0n) is 9.88. The summed E-state index contributed by atoms with van der Waals surface area (Å²) in [5.74, 6) is 0.812. The van der Waals surface area contributed by atoms with Gasteiger partial charge in [-0.2, -0.15) is 0 Å². The Hall–Kier alpha value is -0.910. The summed E-state index contributed by atoms with van der Waals surface area (Å²) in [6, 6.07) is 0. The van der Waals surface area contributed by atoms with Gasteiger partial charge in [-0.05, 0) is 25.7 Å². The van der Waals surface area contributed by atoms with E-state index >= 15 is 0 Å². The van der Waals surface area contributed by atoms with Crippen LogP contribution in [0.5, 0.6) is 0 Å². The Balaban J connectivity index is 2.01. The highest BCUT2D eigenvalue weighted by molar-refractivity contribution is 5.47. The van der Waals surface area contributed by atoms with E-state index in [0.29, 0.717) is 11.8 Å². The van der Waals surface area contributed by atoms with Crippen molar-refractivity contribution < 1.29 is 2.74 Å². The molecule has 0 unspecified atom stereocenters. The second kappa shape index (κ2) is 2.54. The lowest BCUT2D eigenvalue weighted by Gasteiger charge is -2.20. The molecule has 4 aliphatic carbocycles. The molecular formula is C13H15+. The van der Waals surface area contributed by atoms with E-state index in [1.807, 2.05) is 0 Å². The Labute approximate surface area is 82.8 Å². The van der Waals surface area contributed by atoms with Crippen molar-refractivity contribution >= 4 is 0 Å². The number of hydrogen-bond donors (Lipinski definition) is 0. The molecule has 2 bridgehead atoms. The van der Waals surface area contributed by atoms with Crippen molar-refractivity contribution in [3.05, 3.63) is 41.4 Å². The quantitative estimate of drug-likeness (QED) is 0.492. The van der Waals surface area contributed by atoms with Gasteiger partial charge in [0.15, 0.2) is 0 Å². The van der Waals surface area contributed by atoms with E-state index in [2.05, 4.69) is 31.6 Å². The molecule has 0 saturated heterocycles. The zero-order chi connectivity index (χ0) is 10.6. The smallest absolute Gasteiger partial charge is 0.0339 e. The zero-order valence-corrected chi connectivity index (χ0v) is 7.88. The van der Waals surface area contributed by atoms with E-state index in [-0.39, 0.29) is 0 Å². The first kappa shape index (κ1) is 5.74. The van der Waals surface area contributed by atoms with Crippen LogP contribution in [-0.4, -0.2) is 0 Å². The minimum atomic E-state index is -1.04. The van der Waals surface area contributed by atoms with Crippen LogP contribution in [0.25, 0.3) is 0 Å². The number of allylic oxidation sites excluding steroid dienone is 6. The van der Waals surface area contributed by atoms with Crippen LogP contribution in [0.2, 0.25) is 0 Å². The number of hydrogen-bond acceptors (Lipinski definition) is 0. The summed E-state index contributed by atoms with van der Waals surface area (Å²) >= 11 is 0. The van der Waals surface area contributed by atoms with Crippen molar-refractivity contribution in [3.8, 4) is 0 Å². The maximum atomic E-state index is 8.11. The van der Waals surface area contributed by atoms with Gasteiger partial charge in [0.25, 0.3) is 0 Å². The lowest BCUT2D eigenvalue weighted by atomic mass is 9.82. The summed E-state index contributed by atoms with van der Waals surface area (Å²) in [5, 5.41) is 0. The molecule has 4 aliphatic rings. The normalized spacial score (nSPS) is 47.3. The molecule has 0 radical (unpaired) electrons. The maximum Gasteiger partial charge on any atom is 0.0951 e. The van der Waals surface area contributed by atoms with Crippen molar-refractivity contribution in [2.75, 3.05) is 0 Å². The van der Waals surface area contributed by atoms with Gasteiger partial charge in [0.1, 0.15) is 0 Å². The summed E-state index contributed by atoms with van der Waals surface area (Å²) in [6.07, 6.45) is 9.39. The summed E-state index contributed by atoms with van der Waals surface area (Å²) in [7, 11) is 0. The highest BCUT2D eigenvalue weighted by Crippen LogP contribution is 2.53. The number of fused-ring (bicyclic) bond motifs is 1. The van der Waals surface area contributed by atoms with Crippen LogP contribution in [-0.2, 0) is 0 Å². The SMILES string of the molecule is [2H]C1([2H])/C(=C2/C=CC(C)=C[CH+]2)C2CC1C2. The highest BCUT2D eigenvalue weighted by atomic mass is 14.5. The van der Waals surface area contributed by atoms with Crippen molar-refractivity contribution in [3.63, 3.8) is 0 Å². The minimum absolute atomic E-state index is 0.291. The molecule has 0 aliphatic heterocycles. The molecule has 0 heterocycles. The first-order chi connectivity index (χ1) is 7.09. The van der Waals surface area contributed by atoms with Gasteiger partial charge in [-0.15, -0.1) is 0 Å². The summed E-state index contributed by atoms with van der Waals surface area (Å²) in [4.78, 5) is 0. The van der Waals surface area contributed by atoms with Gasteiger partial charge in [-0.1, -0.05) is 0 Å². The molecular weight excluding hydrogens is 156 g/mol. The van der Waals surface area contributed by atoms with Crippen LogP contribution in [0.15, 0.2) is 34.9 Å². The van der Waals surface area contributed by atoms with Gasteiger partial charge in [0.2, 0.25) is 0 Å². The summed E-state index contributed by atoms with van der Waals surface area (Å²) in [5.41, 5.74) is 3.42. The van der Waals surface area contributed by atoms with Crippen LogP contribution in [0.1, 0.15) is 28.9 Å². The molecule has 4 rings (SSSR count). The molecule has 0 spiro atoms. The number of rotatable bonds is 0. The van der Waals surface area contributed by atoms with Gasteiger partial charge in [0, 0.05) is 50.8 Å². The standard InChI is InChI=1S/C13H15/c1-9-2-4-11(5-3-9)13-8-10-6-12(13)7-10/h2-5,10,12H,6-8H2,1H3/q+1/i8D2. The van der Waals surface area contributed by atoms with E-state index in [1.54, 1.807) is 0 Å². The molecule has 0 nitrogen and oxygen atoms in total. The molecule has 0 amide bonds. The predicted molar refractivity (Wildman–Crippen MR) is 55.1 cm³/mol. The van der Waals surface area contributed by atoms with Crippen molar-refractivity contribution in [2.45, 2.75) is 26.1 Å². The van der Waals surface area contributed by atoms with Crippen LogP contribution < -0.4 is 0 Å². The third-order valence-electron chi connectivity index (χ3n) is 3.27. The second-order valence-corrected chi connectivity index (χ2v) is 4.29. The average molecular weight is 173 g/mol. The van der Waals surface area contributed by atoms with E-state index in [4.69, 9.17) is 2.74 Å². The topological polar surface area (TPSA) is 0 Å². The van der Waals surface area contributed by atoms with Crippen LogP contribution in [0.4, 0.5) is 0 Å². The Morgan fingerprint density at radius 1 is 1.46 bits per heavy atom. The predicted octanol–water partition coefficient (Wildman–Crippen LogP) is 3.43. The monoisotopic (exact) mass is 173 g/mol. The maximum absolute atomic E-state index is 8.11. The Kier molecular flexibility index (Phi) is 1.12. The highest BCUT2D eigenvalue weighted by Gasteiger charge is 2.44. The molecule has 66 valence electrons. The van der Waals surface area contributed by atoms with Gasteiger partial charge in [-0.3, -0.25) is 0 Å². The van der Waals surface area contributed by atoms with E-state index < -0.39 is 6.37 Å². The fraction of sp³-hybridized carbons (Fsp3) is 0.462. The van der Waals surface area contributed by atoms with Gasteiger partial charge >= 0.3 is 0 Å². The molecule has 0 atom stereocenters. The Morgan fingerprint density at radius 2 is 2.31 bits per heavy atom. The molecule has 0 aromatic carbocycles. The lowest BCUT2D eigenvalue weighted by Crippen LogP contribution is -2.11. The third kappa shape index (κ3) is 1.08. The van der Waals surface area contributed by atoms with E-state index in [0.717, 1.165) is 24.0 Å². The minimum Gasteiger partial charge on any atom is -0.0339 e. The van der Waals surface area contributed by atoms with Crippen LogP contribution in [0, 0.1) is 18.3 Å². The first-order valence-corrected chi connectivity index (χ1v) is 5.03. The molecule has 3 saturated carbocycles. The van der Waals surface area contributed by atoms with Gasteiger partial charge < -0.3 is 0 Å². The van der Waals surface area contributed by atoms with Crippen molar-refractivity contribution in [1.29, 1.82) is 0 Å². The fourth-order valence-electron chi connectivity index (χ4n) is 2.36. The second-order valence-electron chi connectivity index (χ2n) is 4.29. The van der Waals surface area contributed by atoms with Crippen LogP contribution in [0.3, 0.4) is 0 Å². The van der Waals surface area contributed by atoms with Crippen molar-refractivity contribution in [2.24, 2.45) is 11.8 Å². The third-order valence-corrected chi connectivity index (χ3v) is 3.27. The van der Waals surface area contributed by atoms with Crippen LogP contribution >= 0.6 is 0 Å². The van der Waals surface area contributed by atoms with Crippen molar-refractivity contribution in [1.82, 2.24) is 0 Å². The molecule has 0 aromatic rings. The Bertz CT molecular complexity index is 393. The Morgan fingerprint density at radius 3 is 2.85 bits per heavy atom. The average Bonchev–Trinajstić information content (AvgIpc) is 2.50. The lowest BCUT2D eigenvalue weighted by molar-refractivity contribution is 0.316. The molecule has 0 heteroatoms. The van der Waals surface area contributed by atoms with E-state index in [1.165, 1.54) is 5.57 Å². The molecule has 13 heavy (non-hydrogen) atoms. The van der Waals surface area contributed by atoms with Gasteiger partial charge in [0.05, 0.1) is 5.57 Å². The molecule has 0 N–H and O–H groups in total. The fourth-order valence-corrected chi connectivity index (χ4v) is 2.36. The van der Waals surface area contributed by atoms with E-state index in [9.17, 15) is 0 Å². The summed E-state index contributed by atoms with van der Waals surface area (Å²) < 4.78 is 16.2. The molecule has 3 fully saturated rings. The largest absolute Gasteiger partial charge is 0.0951 e.